The smallest absolute Gasteiger partial charge is 0.341 e. The van der Waals surface area contributed by atoms with Crippen molar-refractivity contribution in [3.63, 3.8) is 0 Å². The van der Waals surface area contributed by atoms with E-state index in [0.29, 0.717) is 12.3 Å². The number of hydrogen-bond acceptors (Lipinski definition) is 6. The van der Waals surface area contributed by atoms with Gasteiger partial charge in [-0.25, -0.2) is 4.79 Å². The molecule has 1 amide bonds. The Balaban J connectivity index is 1.94. The molecule has 0 radical (unpaired) electrons. The molecule has 138 valence electrons. The number of esters is 1. The molecule has 0 aliphatic heterocycles. The van der Waals surface area contributed by atoms with Crippen LogP contribution >= 0.6 is 0 Å². The Morgan fingerprint density at radius 1 is 0.923 bits per heavy atom. The lowest BCUT2D eigenvalue weighted by atomic mass is 10.2. The maximum absolute atomic E-state index is 12.0. The molecule has 0 aromatic heterocycles. The van der Waals surface area contributed by atoms with Crippen LogP contribution in [0.4, 0.5) is 0 Å². The Kier molecular flexibility index (Phi) is 6.84. The molecule has 0 atom stereocenters. The molecule has 1 N–H and O–H groups in total. The third-order valence-corrected chi connectivity index (χ3v) is 3.60. The maximum atomic E-state index is 12.0. The highest BCUT2D eigenvalue weighted by Crippen LogP contribution is 2.25. The van der Waals surface area contributed by atoms with E-state index in [1.54, 1.807) is 13.2 Å². The van der Waals surface area contributed by atoms with Crippen molar-refractivity contribution in [3.05, 3.63) is 53.6 Å². The number of benzene rings is 2. The van der Waals surface area contributed by atoms with Gasteiger partial charge in [-0.15, -0.1) is 0 Å². The van der Waals surface area contributed by atoms with Crippen LogP contribution < -0.4 is 19.5 Å². The fourth-order valence-corrected chi connectivity index (χ4v) is 2.17. The fourth-order valence-electron chi connectivity index (χ4n) is 2.17. The summed E-state index contributed by atoms with van der Waals surface area (Å²) in [6.07, 6.45) is 0. The molecule has 0 heterocycles. The minimum atomic E-state index is -0.554. The molecule has 0 spiro atoms. The highest BCUT2D eigenvalue weighted by atomic mass is 16.5. The molecule has 26 heavy (non-hydrogen) atoms. The zero-order chi connectivity index (χ0) is 18.9. The van der Waals surface area contributed by atoms with Gasteiger partial charge < -0.3 is 24.3 Å². The largest absolute Gasteiger partial charge is 0.497 e. The van der Waals surface area contributed by atoms with Crippen molar-refractivity contribution in [2.45, 2.75) is 6.54 Å². The molecule has 7 heteroatoms. The lowest BCUT2D eigenvalue weighted by Gasteiger charge is -2.12. The van der Waals surface area contributed by atoms with E-state index < -0.39 is 5.97 Å². The van der Waals surface area contributed by atoms with E-state index >= 15 is 0 Å². The number of nitrogens with one attached hydrogen (secondary N) is 1. The number of carbonyl (C=O) groups excluding carboxylic acids is 2. The van der Waals surface area contributed by atoms with Gasteiger partial charge >= 0.3 is 5.97 Å². The predicted octanol–water partition coefficient (Wildman–Crippen LogP) is 2.19. The number of hydrogen-bond donors (Lipinski definition) is 1. The molecule has 0 fully saturated rings. The van der Waals surface area contributed by atoms with Gasteiger partial charge in [0.05, 0.1) is 21.3 Å². The van der Waals surface area contributed by atoms with Crippen LogP contribution in [0.1, 0.15) is 15.9 Å². The van der Waals surface area contributed by atoms with E-state index in [1.807, 2.05) is 24.3 Å². The van der Waals surface area contributed by atoms with Crippen molar-refractivity contribution in [3.8, 4) is 17.2 Å². The minimum Gasteiger partial charge on any atom is -0.497 e. The first-order valence-corrected chi connectivity index (χ1v) is 7.86. The van der Waals surface area contributed by atoms with Crippen LogP contribution in [0.15, 0.2) is 42.5 Å². The SMILES string of the molecule is COC(=O)c1ccc(OC)cc1OCC(=O)NCc1ccc(OC)cc1. The highest BCUT2D eigenvalue weighted by molar-refractivity contribution is 5.92. The highest BCUT2D eigenvalue weighted by Gasteiger charge is 2.15. The lowest BCUT2D eigenvalue weighted by Crippen LogP contribution is -2.28. The number of amides is 1. The Labute approximate surface area is 151 Å². The first-order valence-electron chi connectivity index (χ1n) is 7.86. The zero-order valence-electron chi connectivity index (χ0n) is 14.9. The Bertz CT molecular complexity index is 757. The summed E-state index contributed by atoms with van der Waals surface area (Å²) in [6, 6.07) is 12.0. The summed E-state index contributed by atoms with van der Waals surface area (Å²) in [4.78, 5) is 23.8. The molecule has 0 aliphatic carbocycles. The van der Waals surface area contributed by atoms with Gasteiger partial charge in [0.2, 0.25) is 0 Å². The van der Waals surface area contributed by atoms with Gasteiger partial charge in [-0.2, -0.15) is 0 Å². The predicted molar refractivity (Wildman–Crippen MR) is 94.7 cm³/mol. The van der Waals surface area contributed by atoms with Crippen LogP contribution in [0.3, 0.4) is 0 Å². The van der Waals surface area contributed by atoms with E-state index in [2.05, 4.69) is 5.32 Å². The Hall–Kier alpha value is -3.22. The number of ether oxygens (including phenoxy) is 4. The maximum Gasteiger partial charge on any atom is 0.341 e. The normalized spacial score (nSPS) is 9.96. The van der Waals surface area contributed by atoms with Gasteiger partial charge in [0.1, 0.15) is 22.8 Å². The monoisotopic (exact) mass is 359 g/mol. The molecule has 2 aromatic rings. The molecule has 0 saturated heterocycles. The quantitative estimate of drug-likeness (QED) is 0.728. The van der Waals surface area contributed by atoms with E-state index in [1.165, 1.54) is 26.4 Å². The average molecular weight is 359 g/mol. The van der Waals surface area contributed by atoms with Gasteiger partial charge in [-0.05, 0) is 29.8 Å². The second-order valence-corrected chi connectivity index (χ2v) is 5.27. The van der Waals surface area contributed by atoms with Gasteiger partial charge in [-0.1, -0.05) is 12.1 Å². The van der Waals surface area contributed by atoms with Crippen molar-refractivity contribution in [2.75, 3.05) is 27.9 Å². The molecular weight excluding hydrogens is 338 g/mol. The summed E-state index contributed by atoms with van der Waals surface area (Å²) >= 11 is 0. The van der Waals surface area contributed by atoms with E-state index in [-0.39, 0.29) is 23.8 Å². The van der Waals surface area contributed by atoms with Gasteiger partial charge in [-0.3, -0.25) is 4.79 Å². The number of carbonyl (C=O) groups is 2. The van der Waals surface area contributed by atoms with Crippen LogP contribution in [-0.2, 0) is 16.1 Å². The third kappa shape index (κ3) is 5.14. The summed E-state index contributed by atoms with van der Waals surface area (Å²) in [7, 11) is 4.37. The molecule has 0 bridgehead atoms. The van der Waals surface area contributed by atoms with E-state index in [9.17, 15) is 9.59 Å². The van der Waals surface area contributed by atoms with Gasteiger partial charge in [0, 0.05) is 12.6 Å². The zero-order valence-corrected chi connectivity index (χ0v) is 14.9. The number of rotatable bonds is 8. The van der Waals surface area contributed by atoms with Crippen LogP contribution in [0.2, 0.25) is 0 Å². The second kappa shape index (κ2) is 9.31. The van der Waals surface area contributed by atoms with Gasteiger partial charge in [0.15, 0.2) is 6.61 Å². The topological polar surface area (TPSA) is 83.1 Å². The Morgan fingerprint density at radius 2 is 1.58 bits per heavy atom. The van der Waals surface area contributed by atoms with Crippen LogP contribution in [0, 0.1) is 0 Å². The van der Waals surface area contributed by atoms with Crippen LogP contribution in [0.25, 0.3) is 0 Å². The van der Waals surface area contributed by atoms with Crippen molar-refractivity contribution >= 4 is 11.9 Å². The third-order valence-electron chi connectivity index (χ3n) is 3.60. The van der Waals surface area contributed by atoms with E-state index in [0.717, 1.165) is 11.3 Å². The lowest BCUT2D eigenvalue weighted by molar-refractivity contribution is -0.123. The van der Waals surface area contributed by atoms with Crippen molar-refractivity contribution in [1.29, 1.82) is 0 Å². The van der Waals surface area contributed by atoms with Gasteiger partial charge in [0.25, 0.3) is 5.91 Å². The van der Waals surface area contributed by atoms with Crippen molar-refractivity contribution < 1.29 is 28.5 Å². The van der Waals surface area contributed by atoms with Crippen molar-refractivity contribution in [1.82, 2.24) is 5.32 Å². The van der Waals surface area contributed by atoms with E-state index in [4.69, 9.17) is 18.9 Å². The molecule has 0 saturated carbocycles. The fraction of sp³-hybridized carbons (Fsp3) is 0.263. The minimum absolute atomic E-state index is 0.218. The standard InChI is InChI=1S/C19H21NO6/c1-23-14-6-4-13(5-7-14)11-20-18(21)12-26-17-10-15(24-2)8-9-16(17)19(22)25-3/h4-10H,11-12H2,1-3H3,(H,20,21). The summed E-state index contributed by atoms with van der Waals surface area (Å²) in [5.74, 6) is 0.597. The average Bonchev–Trinajstić information content (AvgIpc) is 2.70. The Morgan fingerprint density at radius 3 is 2.19 bits per heavy atom. The summed E-state index contributed by atoms with van der Waals surface area (Å²) in [5, 5.41) is 2.75. The number of methoxy groups -OCH3 is 3. The van der Waals surface area contributed by atoms with Crippen molar-refractivity contribution in [2.24, 2.45) is 0 Å². The molecule has 2 aromatic carbocycles. The molecule has 2 rings (SSSR count). The first-order chi connectivity index (χ1) is 12.6. The molecule has 0 aliphatic rings. The van der Waals surface area contributed by atoms with Crippen LogP contribution in [0.5, 0.6) is 17.2 Å². The van der Waals surface area contributed by atoms with Crippen LogP contribution in [-0.4, -0.2) is 39.8 Å². The first kappa shape index (κ1) is 19.1. The summed E-state index contributed by atoms with van der Waals surface area (Å²) in [5.41, 5.74) is 1.15. The molecule has 0 unspecified atom stereocenters. The second-order valence-electron chi connectivity index (χ2n) is 5.27. The summed E-state index contributed by atoms with van der Waals surface area (Å²) < 4.78 is 20.4. The molecule has 7 nitrogen and oxygen atoms in total. The summed E-state index contributed by atoms with van der Waals surface area (Å²) in [6.45, 7) is 0.113. The molecular formula is C19H21NO6.